The number of unbranched alkanes of at least 4 members (excludes halogenated alkanes) is 5. The number of ether oxygens (including phenoxy) is 1. The predicted octanol–water partition coefficient (Wildman–Crippen LogP) is 4.95. The van der Waals surface area contributed by atoms with Gasteiger partial charge in [0, 0.05) is 0 Å². The van der Waals surface area contributed by atoms with E-state index in [0.29, 0.717) is 11.6 Å². The molecule has 0 atom stereocenters. The number of hydrogen-bond acceptors (Lipinski definition) is 6. The van der Waals surface area contributed by atoms with Crippen LogP contribution in [-0.2, 0) is 17.8 Å². The fourth-order valence-corrected chi connectivity index (χ4v) is 3.84. The number of tetrazole rings is 1. The molecule has 0 radical (unpaired) electrons. The second-order valence-corrected chi connectivity index (χ2v) is 8.07. The summed E-state index contributed by atoms with van der Waals surface area (Å²) in [5.41, 5.74) is 1.31. The highest BCUT2D eigenvalue weighted by Crippen LogP contribution is 2.21. The third-order valence-corrected chi connectivity index (χ3v) is 5.61. The largest absolute Gasteiger partial charge is 0.486 e. The van der Waals surface area contributed by atoms with E-state index in [4.69, 9.17) is 4.74 Å². The van der Waals surface area contributed by atoms with Gasteiger partial charge in [0.15, 0.2) is 11.6 Å². The van der Waals surface area contributed by atoms with Crippen molar-refractivity contribution in [3.63, 3.8) is 0 Å². The Kier molecular flexibility index (Phi) is 8.37. The van der Waals surface area contributed by atoms with Gasteiger partial charge in [0.05, 0.1) is 4.88 Å². The van der Waals surface area contributed by atoms with Gasteiger partial charge in [-0.05, 0) is 52.4 Å². The van der Waals surface area contributed by atoms with Gasteiger partial charge >= 0.3 is 0 Å². The average Bonchev–Trinajstić information content (AvgIpc) is 3.41. The second-order valence-electron chi connectivity index (χ2n) is 7.13. The first-order valence-corrected chi connectivity index (χ1v) is 11.2. The van der Waals surface area contributed by atoms with E-state index in [9.17, 15) is 4.79 Å². The summed E-state index contributed by atoms with van der Waals surface area (Å²) in [5, 5.41) is 13.6. The molecule has 1 aromatic carbocycles. The average molecular weight is 413 g/mol. The molecule has 0 saturated heterocycles. The maximum absolute atomic E-state index is 12.3. The number of carbonyl (C=O) groups excluding carboxylic acids is 1. The summed E-state index contributed by atoms with van der Waals surface area (Å²) in [5.74, 6) is 1.24. The van der Waals surface area contributed by atoms with Gasteiger partial charge in [0.25, 0.3) is 0 Å². The number of aryl methyl sites for hydroxylation is 1. The van der Waals surface area contributed by atoms with Crippen LogP contribution < -0.4 is 4.74 Å². The fourth-order valence-electron chi connectivity index (χ4n) is 3.13. The van der Waals surface area contributed by atoms with Gasteiger partial charge < -0.3 is 4.74 Å². The van der Waals surface area contributed by atoms with Crippen LogP contribution in [0.3, 0.4) is 0 Å². The molecule has 0 aliphatic heterocycles. The highest BCUT2D eigenvalue weighted by molar-refractivity contribution is 7.13. The van der Waals surface area contributed by atoms with Crippen molar-refractivity contribution >= 4 is 17.1 Å². The standard InChI is InChI=1S/C22H28N4O2S/c1-2-3-4-5-6-7-9-18-11-13-20(14-12-18)28-17-19(27)16-26-22(23-24-25-26)21-10-8-15-29-21/h8,10-15H,2-7,9,16-17H2,1H3. The number of nitrogens with zero attached hydrogens (tertiary/aromatic N) is 4. The molecule has 0 bridgehead atoms. The SMILES string of the molecule is CCCCCCCCc1ccc(OCC(=O)Cn2nnnc2-c2cccs2)cc1. The molecule has 0 unspecified atom stereocenters. The molecular formula is C22H28N4O2S. The Hall–Kier alpha value is -2.54. The molecule has 2 aromatic heterocycles. The van der Waals surface area contributed by atoms with Gasteiger partial charge in [-0.15, -0.1) is 16.4 Å². The summed E-state index contributed by atoms with van der Waals surface area (Å²) < 4.78 is 7.16. The molecule has 3 rings (SSSR count). The Balaban J connectivity index is 1.40. The van der Waals surface area contributed by atoms with E-state index in [2.05, 4.69) is 34.6 Å². The van der Waals surface area contributed by atoms with Crippen LogP contribution >= 0.6 is 11.3 Å². The molecular weight excluding hydrogens is 384 g/mol. The molecule has 2 heterocycles. The number of thiophene rings is 1. The molecule has 0 amide bonds. The lowest BCUT2D eigenvalue weighted by Gasteiger charge is -2.07. The lowest BCUT2D eigenvalue weighted by atomic mass is 10.0. The van der Waals surface area contributed by atoms with Gasteiger partial charge in [-0.1, -0.05) is 57.2 Å². The third-order valence-electron chi connectivity index (χ3n) is 4.74. The van der Waals surface area contributed by atoms with Crippen LogP contribution in [0.25, 0.3) is 10.7 Å². The Morgan fingerprint density at radius 2 is 1.86 bits per heavy atom. The van der Waals surface area contributed by atoms with E-state index in [0.717, 1.165) is 11.3 Å². The quantitative estimate of drug-likeness (QED) is 0.371. The molecule has 0 aliphatic carbocycles. The Morgan fingerprint density at radius 3 is 2.62 bits per heavy atom. The number of rotatable bonds is 13. The van der Waals surface area contributed by atoms with E-state index < -0.39 is 0 Å². The number of benzene rings is 1. The molecule has 0 spiro atoms. The van der Waals surface area contributed by atoms with Gasteiger partial charge in [-0.25, -0.2) is 4.68 Å². The molecule has 154 valence electrons. The summed E-state index contributed by atoms with van der Waals surface area (Å²) >= 11 is 1.54. The van der Waals surface area contributed by atoms with Gasteiger partial charge in [-0.2, -0.15) is 0 Å². The van der Waals surface area contributed by atoms with Crippen LogP contribution in [0, 0.1) is 0 Å². The minimum atomic E-state index is -0.0775. The lowest BCUT2D eigenvalue weighted by Crippen LogP contribution is -2.19. The molecule has 7 heteroatoms. The van der Waals surface area contributed by atoms with Crippen molar-refractivity contribution in [3.05, 3.63) is 47.3 Å². The zero-order valence-corrected chi connectivity index (χ0v) is 17.7. The van der Waals surface area contributed by atoms with Crippen molar-refractivity contribution in [1.82, 2.24) is 20.2 Å². The minimum Gasteiger partial charge on any atom is -0.486 e. The van der Waals surface area contributed by atoms with E-state index in [1.54, 1.807) is 0 Å². The summed E-state index contributed by atoms with van der Waals surface area (Å²) in [6.07, 6.45) is 8.90. The van der Waals surface area contributed by atoms with Crippen LogP contribution in [0.1, 0.15) is 51.0 Å². The van der Waals surface area contributed by atoms with Crippen LogP contribution in [0.15, 0.2) is 41.8 Å². The fraction of sp³-hybridized carbons (Fsp3) is 0.455. The van der Waals surface area contributed by atoms with Crippen molar-refractivity contribution in [2.75, 3.05) is 6.61 Å². The zero-order chi connectivity index (χ0) is 20.3. The van der Waals surface area contributed by atoms with E-state index in [1.807, 2.05) is 29.6 Å². The topological polar surface area (TPSA) is 69.9 Å². The lowest BCUT2D eigenvalue weighted by molar-refractivity contribution is -0.121. The normalized spacial score (nSPS) is 10.9. The van der Waals surface area contributed by atoms with Crippen LogP contribution in [0.4, 0.5) is 0 Å². The third kappa shape index (κ3) is 6.78. The number of carbonyl (C=O) groups is 1. The Morgan fingerprint density at radius 1 is 1.07 bits per heavy atom. The van der Waals surface area contributed by atoms with E-state index >= 15 is 0 Å². The van der Waals surface area contributed by atoms with Crippen molar-refractivity contribution in [1.29, 1.82) is 0 Å². The molecule has 0 N–H and O–H groups in total. The van der Waals surface area contributed by atoms with Gasteiger partial charge in [-0.3, -0.25) is 4.79 Å². The smallest absolute Gasteiger partial charge is 0.192 e. The maximum atomic E-state index is 12.3. The first-order valence-electron chi connectivity index (χ1n) is 10.3. The summed E-state index contributed by atoms with van der Waals surface area (Å²) in [6, 6.07) is 11.9. The summed E-state index contributed by atoms with van der Waals surface area (Å²) in [7, 11) is 0. The van der Waals surface area contributed by atoms with Crippen LogP contribution in [0.2, 0.25) is 0 Å². The number of hydrogen-bond donors (Lipinski definition) is 0. The van der Waals surface area contributed by atoms with Crippen molar-refractivity contribution < 1.29 is 9.53 Å². The first-order chi connectivity index (χ1) is 14.3. The monoisotopic (exact) mass is 412 g/mol. The summed E-state index contributed by atoms with van der Waals surface area (Å²) in [4.78, 5) is 13.2. The highest BCUT2D eigenvalue weighted by Gasteiger charge is 2.13. The van der Waals surface area contributed by atoms with Crippen LogP contribution in [-0.4, -0.2) is 32.6 Å². The number of Topliss-reactive ketones (excluding diaryl/α,β-unsaturated/α-hetero) is 1. The first kappa shape index (κ1) is 21.2. The van der Waals surface area contributed by atoms with Crippen molar-refractivity contribution in [2.45, 2.75) is 58.4 Å². The van der Waals surface area contributed by atoms with E-state index in [1.165, 1.54) is 60.1 Å². The molecule has 3 aromatic rings. The predicted molar refractivity (Wildman–Crippen MR) is 115 cm³/mol. The zero-order valence-electron chi connectivity index (χ0n) is 16.9. The van der Waals surface area contributed by atoms with Gasteiger partial charge in [0.2, 0.25) is 0 Å². The maximum Gasteiger partial charge on any atom is 0.192 e. The van der Waals surface area contributed by atoms with Crippen LogP contribution in [0.5, 0.6) is 5.75 Å². The van der Waals surface area contributed by atoms with Crippen molar-refractivity contribution in [3.8, 4) is 16.5 Å². The van der Waals surface area contributed by atoms with Crippen molar-refractivity contribution in [2.24, 2.45) is 0 Å². The Bertz CT molecular complexity index is 859. The Labute approximate surface area is 175 Å². The van der Waals surface area contributed by atoms with Gasteiger partial charge in [0.1, 0.15) is 18.9 Å². The molecule has 6 nitrogen and oxygen atoms in total. The molecule has 0 fully saturated rings. The minimum absolute atomic E-state index is 0.000512. The number of aromatic nitrogens is 4. The summed E-state index contributed by atoms with van der Waals surface area (Å²) in [6.45, 7) is 2.34. The van der Waals surface area contributed by atoms with E-state index in [-0.39, 0.29) is 18.9 Å². The number of ketones is 1. The highest BCUT2D eigenvalue weighted by atomic mass is 32.1. The molecule has 0 saturated carbocycles. The molecule has 0 aliphatic rings. The second kappa shape index (κ2) is 11.5. The molecule has 29 heavy (non-hydrogen) atoms.